The number of nitro groups is 1. The van der Waals surface area contributed by atoms with Crippen LogP contribution in [0.5, 0.6) is 0 Å². The topological polar surface area (TPSA) is 85.9 Å². The molecular formula is C11H12FN5O2. The number of benzene rings is 1. The Hall–Kier alpha value is -2.51. The minimum atomic E-state index is -0.555. The molecule has 2 rings (SSSR count). The third-order valence-electron chi connectivity index (χ3n) is 2.47. The van der Waals surface area contributed by atoms with Crippen LogP contribution in [0.25, 0.3) is 0 Å². The quantitative estimate of drug-likeness (QED) is 0.654. The van der Waals surface area contributed by atoms with E-state index < -0.39 is 10.7 Å². The Labute approximate surface area is 108 Å². The lowest BCUT2D eigenvalue weighted by Gasteiger charge is -2.05. The number of anilines is 1. The number of nitro benzene ring substituents is 1. The number of hydrogen-bond acceptors (Lipinski definition) is 5. The molecule has 0 aliphatic heterocycles. The van der Waals surface area contributed by atoms with E-state index in [9.17, 15) is 14.5 Å². The van der Waals surface area contributed by atoms with Crippen LogP contribution in [0.1, 0.15) is 5.82 Å². The fraction of sp³-hybridized carbons (Fsp3) is 0.273. The van der Waals surface area contributed by atoms with Crippen molar-refractivity contribution in [1.29, 1.82) is 0 Å². The zero-order valence-electron chi connectivity index (χ0n) is 10.2. The summed E-state index contributed by atoms with van der Waals surface area (Å²) in [7, 11) is 1.75. The van der Waals surface area contributed by atoms with E-state index in [1.165, 1.54) is 0 Å². The van der Waals surface area contributed by atoms with Gasteiger partial charge in [0.1, 0.15) is 17.8 Å². The van der Waals surface area contributed by atoms with E-state index in [1.807, 2.05) is 0 Å². The van der Waals surface area contributed by atoms with Crippen molar-refractivity contribution in [3.63, 3.8) is 0 Å². The van der Waals surface area contributed by atoms with E-state index in [0.717, 1.165) is 18.2 Å². The molecule has 100 valence electrons. The summed E-state index contributed by atoms with van der Waals surface area (Å²) in [6.45, 7) is 0.383. The van der Waals surface area contributed by atoms with Gasteiger partial charge in [-0.25, -0.2) is 9.37 Å². The first kappa shape index (κ1) is 12.9. The van der Waals surface area contributed by atoms with Gasteiger partial charge in [-0.3, -0.25) is 14.8 Å². The summed E-state index contributed by atoms with van der Waals surface area (Å²) >= 11 is 0. The SMILES string of the molecule is Cn1cnc(CCNc2cc(F)ccc2[N+](=O)[O-])n1. The molecule has 8 heteroatoms. The van der Waals surface area contributed by atoms with Gasteiger partial charge in [-0.2, -0.15) is 5.10 Å². The predicted octanol–water partition coefficient (Wildman–Crippen LogP) is 1.52. The molecule has 0 aliphatic rings. The van der Waals surface area contributed by atoms with E-state index in [-0.39, 0.29) is 11.4 Å². The average molecular weight is 265 g/mol. The first-order valence-corrected chi connectivity index (χ1v) is 5.58. The minimum absolute atomic E-state index is 0.154. The molecular weight excluding hydrogens is 253 g/mol. The van der Waals surface area contributed by atoms with Crippen molar-refractivity contribution < 1.29 is 9.31 Å². The summed E-state index contributed by atoms with van der Waals surface area (Å²) in [6.07, 6.45) is 2.06. The van der Waals surface area contributed by atoms with Gasteiger partial charge in [0.25, 0.3) is 5.69 Å². The molecule has 0 spiro atoms. The fourth-order valence-corrected chi connectivity index (χ4v) is 1.62. The van der Waals surface area contributed by atoms with E-state index in [1.54, 1.807) is 18.1 Å². The van der Waals surface area contributed by atoms with Gasteiger partial charge >= 0.3 is 0 Å². The number of aromatic nitrogens is 3. The van der Waals surface area contributed by atoms with Crippen molar-refractivity contribution in [2.75, 3.05) is 11.9 Å². The van der Waals surface area contributed by atoms with E-state index in [2.05, 4.69) is 15.4 Å². The predicted molar refractivity (Wildman–Crippen MR) is 66.3 cm³/mol. The molecule has 2 aromatic rings. The van der Waals surface area contributed by atoms with E-state index in [4.69, 9.17) is 0 Å². The van der Waals surface area contributed by atoms with Crippen LogP contribution in [0.4, 0.5) is 15.8 Å². The molecule has 0 aliphatic carbocycles. The number of hydrogen-bond donors (Lipinski definition) is 1. The Balaban J connectivity index is 2.02. The number of aryl methyl sites for hydroxylation is 1. The van der Waals surface area contributed by atoms with Crippen molar-refractivity contribution in [3.05, 3.63) is 46.3 Å². The van der Waals surface area contributed by atoms with Gasteiger partial charge in [-0.15, -0.1) is 0 Å². The molecule has 1 aromatic carbocycles. The maximum Gasteiger partial charge on any atom is 0.292 e. The monoisotopic (exact) mass is 265 g/mol. The third kappa shape index (κ3) is 3.24. The Kier molecular flexibility index (Phi) is 3.69. The Bertz CT molecular complexity index is 599. The van der Waals surface area contributed by atoms with Crippen LogP contribution >= 0.6 is 0 Å². The van der Waals surface area contributed by atoms with Gasteiger partial charge in [-0.1, -0.05) is 0 Å². The van der Waals surface area contributed by atoms with Crippen LogP contribution in [0.3, 0.4) is 0 Å². The maximum atomic E-state index is 13.1. The van der Waals surface area contributed by atoms with Crippen molar-refractivity contribution >= 4 is 11.4 Å². The molecule has 0 radical (unpaired) electrons. The minimum Gasteiger partial charge on any atom is -0.379 e. The first-order valence-electron chi connectivity index (χ1n) is 5.58. The summed E-state index contributed by atoms with van der Waals surface area (Å²) in [6, 6.07) is 3.30. The highest BCUT2D eigenvalue weighted by Gasteiger charge is 2.14. The molecule has 1 N–H and O–H groups in total. The highest BCUT2D eigenvalue weighted by Crippen LogP contribution is 2.24. The Morgan fingerprint density at radius 3 is 2.95 bits per heavy atom. The number of rotatable bonds is 5. The van der Waals surface area contributed by atoms with Crippen LogP contribution in [-0.4, -0.2) is 26.2 Å². The Morgan fingerprint density at radius 1 is 1.53 bits per heavy atom. The lowest BCUT2D eigenvalue weighted by Crippen LogP contribution is -2.08. The fourth-order valence-electron chi connectivity index (χ4n) is 1.62. The van der Waals surface area contributed by atoms with Crippen LogP contribution in [0, 0.1) is 15.9 Å². The molecule has 0 unspecified atom stereocenters. The normalized spacial score (nSPS) is 10.4. The van der Waals surface area contributed by atoms with E-state index in [0.29, 0.717) is 18.8 Å². The summed E-state index contributed by atoms with van der Waals surface area (Å²) < 4.78 is 14.6. The first-order chi connectivity index (χ1) is 9.06. The zero-order valence-corrected chi connectivity index (χ0v) is 10.2. The van der Waals surface area contributed by atoms with Gasteiger partial charge in [-0.05, 0) is 6.07 Å². The average Bonchev–Trinajstić information content (AvgIpc) is 2.75. The molecule has 1 heterocycles. The van der Waals surface area contributed by atoms with Crippen molar-refractivity contribution in [2.24, 2.45) is 7.05 Å². The highest BCUT2D eigenvalue weighted by atomic mass is 19.1. The number of halogens is 1. The smallest absolute Gasteiger partial charge is 0.292 e. The van der Waals surface area contributed by atoms with Crippen molar-refractivity contribution in [2.45, 2.75) is 6.42 Å². The lowest BCUT2D eigenvalue weighted by molar-refractivity contribution is -0.384. The van der Waals surface area contributed by atoms with Crippen molar-refractivity contribution in [3.8, 4) is 0 Å². The molecule has 7 nitrogen and oxygen atoms in total. The van der Waals surface area contributed by atoms with Crippen LogP contribution in [0.2, 0.25) is 0 Å². The highest BCUT2D eigenvalue weighted by molar-refractivity contribution is 5.61. The van der Waals surface area contributed by atoms with Crippen LogP contribution in [0.15, 0.2) is 24.5 Å². The summed E-state index contributed by atoms with van der Waals surface area (Å²) in [5.41, 5.74) is -0.00342. The Morgan fingerprint density at radius 2 is 2.32 bits per heavy atom. The standard InChI is InChI=1S/C11H12FN5O2/c1-16-7-14-11(15-16)4-5-13-9-6-8(12)2-3-10(9)17(18)19/h2-3,6-7,13H,4-5H2,1H3. The summed E-state index contributed by atoms with van der Waals surface area (Å²) in [5.74, 6) is 0.0955. The second-order valence-corrected chi connectivity index (χ2v) is 3.93. The largest absolute Gasteiger partial charge is 0.379 e. The lowest BCUT2D eigenvalue weighted by atomic mass is 10.2. The number of nitrogens with one attached hydrogen (secondary N) is 1. The molecule has 0 amide bonds. The molecule has 0 saturated carbocycles. The van der Waals surface area contributed by atoms with Gasteiger partial charge in [0.05, 0.1) is 4.92 Å². The van der Waals surface area contributed by atoms with Gasteiger partial charge in [0.2, 0.25) is 0 Å². The van der Waals surface area contributed by atoms with Gasteiger partial charge < -0.3 is 5.32 Å². The molecule has 0 atom stereocenters. The van der Waals surface area contributed by atoms with Gasteiger partial charge in [0, 0.05) is 32.1 Å². The zero-order chi connectivity index (χ0) is 13.8. The maximum absolute atomic E-state index is 13.1. The summed E-state index contributed by atoms with van der Waals surface area (Å²) in [5, 5.41) is 17.7. The van der Waals surface area contributed by atoms with Crippen LogP contribution in [-0.2, 0) is 13.5 Å². The van der Waals surface area contributed by atoms with E-state index >= 15 is 0 Å². The third-order valence-corrected chi connectivity index (χ3v) is 2.47. The second-order valence-electron chi connectivity index (χ2n) is 3.93. The molecule has 19 heavy (non-hydrogen) atoms. The molecule has 0 fully saturated rings. The van der Waals surface area contributed by atoms with Crippen LogP contribution < -0.4 is 5.32 Å². The number of nitrogens with zero attached hydrogens (tertiary/aromatic N) is 4. The van der Waals surface area contributed by atoms with Crippen molar-refractivity contribution in [1.82, 2.24) is 14.8 Å². The van der Waals surface area contributed by atoms with Gasteiger partial charge in [0.15, 0.2) is 5.82 Å². The molecule has 0 saturated heterocycles. The second kappa shape index (κ2) is 5.42. The summed E-state index contributed by atoms with van der Waals surface area (Å²) in [4.78, 5) is 14.3. The molecule has 0 bridgehead atoms. The molecule has 1 aromatic heterocycles.